The highest BCUT2D eigenvalue weighted by atomic mass is 127. The molecule has 1 amide bonds. The molecule has 0 saturated carbocycles. The summed E-state index contributed by atoms with van der Waals surface area (Å²) in [6.45, 7) is 0.168. The van der Waals surface area contributed by atoms with E-state index >= 15 is 0 Å². The van der Waals surface area contributed by atoms with Gasteiger partial charge in [0.2, 0.25) is 0 Å². The van der Waals surface area contributed by atoms with Crippen molar-refractivity contribution in [2.24, 2.45) is 0 Å². The summed E-state index contributed by atoms with van der Waals surface area (Å²) in [7, 11) is 1.56. The zero-order valence-corrected chi connectivity index (χ0v) is 12.7. The molecule has 0 spiro atoms. The van der Waals surface area contributed by atoms with Crippen LogP contribution in [-0.2, 0) is 15.9 Å². The van der Waals surface area contributed by atoms with Crippen molar-refractivity contribution in [3.8, 4) is 0 Å². The van der Waals surface area contributed by atoms with E-state index < -0.39 is 6.09 Å². The molecule has 2 atom stereocenters. The Kier molecular flexibility index (Phi) is 5.00. The molecule has 1 aliphatic rings. The average Bonchev–Trinajstić information content (AvgIpc) is 2.37. The molecule has 6 heteroatoms. The predicted molar refractivity (Wildman–Crippen MR) is 78.1 cm³/mol. The molecule has 0 aromatic heterocycles. The van der Waals surface area contributed by atoms with Crippen molar-refractivity contribution in [2.45, 2.75) is 25.0 Å². The van der Waals surface area contributed by atoms with Gasteiger partial charge in [0.15, 0.2) is 0 Å². The lowest BCUT2D eigenvalue weighted by Gasteiger charge is -2.33. The number of hydrogen-bond donors (Lipinski definition) is 2. The minimum atomic E-state index is -1.04. The zero-order chi connectivity index (χ0) is 13.8. The molecule has 19 heavy (non-hydrogen) atoms. The van der Waals surface area contributed by atoms with Crippen molar-refractivity contribution in [3.05, 3.63) is 32.9 Å². The summed E-state index contributed by atoms with van der Waals surface area (Å²) < 4.78 is 11.6. The Balaban J connectivity index is 2.31. The lowest BCUT2D eigenvalue weighted by atomic mass is 9.85. The summed E-state index contributed by atoms with van der Waals surface area (Å²) in [4.78, 5) is 11.0. The number of amides is 1. The Morgan fingerprint density at radius 3 is 3.05 bits per heavy atom. The van der Waals surface area contributed by atoms with E-state index in [1.165, 1.54) is 5.56 Å². The van der Waals surface area contributed by atoms with Crippen LogP contribution in [0.5, 0.6) is 0 Å². The molecule has 0 aliphatic heterocycles. The molecule has 1 aromatic carbocycles. The fourth-order valence-corrected chi connectivity index (χ4v) is 3.32. The molecule has 2 N–H and O–H groups in total. The number of fused-ring (bicyclic) bond motifs is 1. The Morgan fingerprint density at radius 2 is 2.37 bits per heavy atom. The fraction of sp³-hybridized carbons (Fsp3) is 0.462. The molecular weight excluding hydrogens is 361 g/mol. The average molecular weight is 377 g/mol. The van der Waals surface area contributed by atoms with Gasteiger partial charge in [-0.1, -0.05) is 12.1 Å². The summed E-state index contributed by atoms with van der Waals surface area (Å²) in [5.41, 5.74) is 2.21. The first-order valence-corrected chi connectivity index (χ1v) is 7.08. The molecule has 2 rings (SSSR count). The van der Waals surface area contributed by atoms with Crippen LogP contribution in [-0.4, -0.2) is 31.2 Å². The molecule has 1 aromatic rings. The third-order valence-corrected chi connectivity index (χ3v) is 4.14. The monoisotopic (exact) mass is 377 g/mol. The Morgan fingerprint density at radius 1 is 1.58 bits per heavy atom. The lowest BCUT2D eigenvalue weighted by molar-refractivity contribution is -0.0878. The first-order chi connectivity index (χ1) is 9.13. The van der Waals surface area contributed by atoms with Crippen molar-refractivity contribution < 1.29 is 19.4 Å². The third-order valence-electron chi connectivity index (χ3n) is 3.20. The standard InChI is InChI=1S/C13H16INO4/c1-18-7-19-10-6-5-8-3-2-4-9(14)11(8)12(10)15-13(16)17/h2-4,10,12,15H,5-7H2,1H3,(H,16,17)/t10-,12-/m0/s1. The van der Waals surface area contributed by atoms with Gasteiger partial charge in [-0.3, -0.25) is 0 Å². The lowest BCUT2D eigenvalue weighted by Crippen LogP contribution is -2.40. The predicted octanol–water partition coefficient (Wildman–Crippen LogP) is 2.54. The molecule has 0 bridgehead atoms. The normalized spacial score (nSPS) is 21.8. The first-order valence-electron chi connectivity index (χ1n) is 6.00. The van der Waals surface area contributed by atoms with Crippen LogP contribution in [0.25, 0.3) is 0 Å². The largest absolute Gasteiger partial charge is 0.465 e. The molecular formula is C13H16INO4. The van der Waals surface area contributed by atoms with E-state index in [2.05, 4.69) is 27.9 Å². The SMILES string of the molecule is COCO[C@H]1CCc2cccc(I)c2[C@H]1NC(=O)O. The van der Waals surface area contributed by atoms with E-state index in [1.54, 1.807) is 7.11 Å². The van der Waals surface area contributed by atoms with Crippen molar-refractivity contribution in [1.82, 2.24) is 5.32 Å². The van der Waals surface area contributed by atoms with Crippen molar-refractivity contribution >= 4 is 28.7 Å². The second-order valence-corrected chi connectivity index (χ2v) is 5.55. The Labute approximate surface area is 125 Å². The van der Waals surface area contributed by atoms with Crippen molar-refractivity contribution in [1.29, 1.82) is 0 Å². The highest BCUT2D eigenvalue weighted by molar-refractivity contribution is 14.1. The van der Waals surface area contributed by atoms with Gasteiger partial charge >= 0.3 is 6.09 Å². The number of carboxylic acid groups (broad SMARTS) is 1. The number of hydrogen-bond acceptors (Lipinski definition) is 3. The van der Waals surface area contributed by atoms with Gasteiger partial charge in [0.25, 0.3) is 0 Å². The number of ether oxygens (including phenoxy) is 2. The summed E-state index contributed by atoms with van der Waals surface area (Å²) >= 11 is 2.23. The van der Waals surface area contributed by atoms with E-state index in [4.69, 9.17) is 14.6 Å². The van der Waals surface area contributed by atoms with E-state index in [1.807, 2.05) is 18.2 Å². The molecule has 0 saturated heterocycles. The number of rotatable bonds is 4. The number of halogens is 1. The zero-order valence-electron chi connectivity index (χ0n) is 10.6. The third kappa shape index (κ3) is 3.37. The van der Waals surface area contributed by atoms with Crippen LogP contribution in [0.15, 0.2) is 18.2 Å². The Bertz CT molecular complexity index is 466. The topological polar surface area (TPSA) is 67.8 Å². The van der Waals surface area contributed by atoms with Crippen LogP contribution in [0, 0.1) is 3.57 Å². The molecule has 0 fully saturated rings. The second kappa shape index (κ2) is 6.53. The van der Waals surface area contributed by atoms with E-state index in [0.717, 1.165) is 22.0 Å². The maximum Gasteiger partial charge on any atom is 0.405 e. The van der Waals surface area contributed by atoms with E-state index in [-0.39, 0.29) is 18.9 Å². The van der Waals surface area contributed by atoms with Gasteiger partial charge in [0.05, 0.1) is 12.1 Å². The number of benzene rings is 1. The van der Waals surface area contributed by atoms with Crippen LogP contribution in [0.1, 0.15) is 23.6 Å². The van der Waals surface area contributed by atoms with Crippen LogP contribution in [0.2, 0.25) is 0 Å². The van der Waals surface area contributed by atoms with Gasteiger partial charge in [0.1, 0.15) is 6.79 Å². The maximum atomic E-state index is 11.0. The van der Waals surface area contributed by atoms with Crippen LogP contribution in [0.3, 0.4) is 0 Å². The van der Waals surface area contributed by atoms with E-state index in [9.17, 15) is 4.79 Å². The molecule has 5 nitrogen and oxygen atoms in total. The van der Waals surface area contributed by atoms with E-state index in [0.29, 0.717) is 0 Å². The van der Waals surface area contributed by atoms with Crippen LogP contribution < -0.4 is 5.32 Å². The smallest absolute Gasteiger partial charge is 0.405 e. The second-order valence-electron chi connectivity index (χ2n) is 4.39. The summed E-state index contributed by atoms with van der Waals surface area (Å²) in [6.07, 6.45) is 0.433. The highest BCUT2D eigenvalue weighted by Crippen LogP contribution is 2.35. The highest BCUT2D eigenvalue weighted by Gasteiger charge is 2.33. The van der Waals surface area contributed by atoms with Crippen LogP contribution >= 0.6 is 22.6 Å². The minimum Gasteiger partial charge on any atom is -0.465 e. The number of nitrogens with one attached hydrogen (secondary N) is 1. The first kappa shape index (κ1) is 14.5. The molecule has 0 radical (unpaired) electrons. The quantitative estimate of drug-likeness (QED) is 0.625. The van der Waals surface area contributed by atoms with Gasteiger partial charge in [-0.15, -0.1) is 0 Å². The molecule has 104 valence electrons. The Hall–Kier alpha value is -0.860. The summed E-state index contributed by atoms with van der Waals surface area (Å²) in [5, 5.41) is 11.6. The van der Waals surface area contributed by atoms with Gasteiger partial charge in [-0.25, -0.2) is 4.79 Å². The molecule has 0 heterocycles. The molecule has 0 unspecified atom stereocenters. The van der Waals surface area contributed by atoms with Gasteiger partial charge in [-0.2, -0.15) is 0 Å². The van der Waals surface area contributed by atoms with Gasteiger partial charge < -0.3 is 19.9 Å². The van der Waals surface area contributed by atoms with Gasteiger partial charge in [-0.05, 0) is 52.6 Å². The van der Waals surface area contributed by atoms with Crippen molar-refractivity contribution in [3.63, 3.8) is 0 Å². The fourth-order valence-electron chi connectivity index (χ4n) is 2.43. The van der Waals surface area contributed by atoms with Gasteiger partial charge in [0, 0.05) is 10.7 Å². The summed E-state index contributed by atoms with van der Waals surface area (Å²) in [5.74, 6) is 0. The van der Waals surface area contributed by atoms with Crippen molar-refractivity contribution in [2.75, 3.05) is 13.9 Å². The number of methoxy groups -OCH3 is 1. The maximum absolute atomic E-state index is 11.0. The number of aryl methyl sites for hydroxylation is 1. The minimum absolute atomic E-state index is 0.168. The molecule has 1 aliphatic carbocycles. The summed E-state index contributed by atoms with van der Waals surface area (Å²) in [6, 6.07) is 5.67. The number of carbonyl (C=O) groups is 1. The van der Waals surface area contributed by atoms with Crippen LogP contribution in [0.4, 0.5) is 4.79 Å².